The van der Waals surface area contributed by atoms with E-state index >= 15 is 0 Å². The molecule has 2 rings (SSSR count). The number of hydrogen-bond donors (Lipinski definition) is 2. The maximum atomic E-state index is 12.1. The number of nitriles is 1. The van der Waals surface area contributed by atoms with Crippen LogP contribution in [-0.2, 0) is 28.4 Å². The van der Waals surface area contributed by atoms with Crippen LogP contribution in [0.1, 0.15) is 5.56 Å². The molecule has 0 atom stereocenters. The van der Waals surface area contributed by atoms with Gasteiger partial charge >= 0.3 is 5.69 Å². The Morgan fingerprint density at radius 1 is 1.36 bits per heavy atom. The molecule has 1 aromatic heterocycles. The standard InChI is InChI=1S/C14H13N5O5S/c1-18-7-9(6-15)13(21)19(14(18)22)8-12(20)17-10-3-2-4-11(5-10)25(16,23)24/h2-5,7H,8H2,1H3,(H,17,20)(H2,16,23,24). The van der Waals surface area contributed by atoms with Crippen LogP contribution in [0.5, 0.6) is 0 Å². The summed E-state index contributed by atoms with van der Waals surface area (Å²) in [7, 11) is -2.60. The molecule has 1 aromatic carbocycles. The molecule has 1 heterocycles. The Labute approximate surface area is 141 Å². The van der Waals surface area contributed by atoms with Crippen molar-refractivity contribution in [1.82, 2.24) is 9.13 Å². The number of hydrogen-bond acceptors (Lipinski definition) is 6. The molecule has 0 unspecified atom stereocenters. The third-order valence-corrected chi connectivity index (χ3v) is 4.11. The van der Waals surface area contributed by atoms with Crippen LogP contribution in [-0.4, -0.2) is 23.5 Å². The molecule has 0 bridgehead atoms. The molecule has 10 nitrogen and oxygen atoms in total. The maximum absolute atomic E-state index is 12.1. The number of aryl methyl sites for hydroxylation is 1. The summed E-state index contributed by atoms with van der Waals surface area (Å²) >= 11 is 0. The fourth-order valence-corrected chi connectivity index (χ4v) is 2.60. The first-order valence-electron chi connectivity index (χ1n) is 6.77. The molecular weight excluding hydrogens is 350 g/mol. The van der Waals surface area contributed by atoms with Crippen molar-refractivity contribution < 1.29 is 13.2 Å². The number of nitrogens with zero attached hydrogens (tertiary/aromatic N) is 3. The number of sulfonamides is 1. The second-order valence-corrected chi connectivity index (χ2v) is 6.62. The number of benzene rings is 1. The number of amides is 1. The molecule has 0 aliphatic rings. The highest BCUT2D eigenvalue weighted by atomic mass is 32.2. The third kappa shape index (κ3) is 4.00. The van der Waals surface area contributed by atoms with E-state index in [0.29, 0.717) is 4.57 Å². The van der Waals surface area contributed by atoms with E-state index in [1.807, 2.05) is 0 Å². The monoisotopic (exact) mass is 363 g/mol. The molecule has 130 valence electrons. The van der Waals surface area contributed by atoms with Gasteiger partial charge in [-0.1, -0.05) is 6.07 Å². The Morgan fingerprint density at radius 2 is 2.04 bits per heavy atom. The number of carbonyl (C=O) groups is 1. The fourth-order valence-electron chi connectivity index (χ4n) is 2.04. The van der Waals surface area contributed by atoms with Crippen molar-refractivity contribution in [3.8, 4) is 6.07 Å². The van der Waals surface area contributed by atoms with Gasteiger partial charge < -0.3 is 9.88 Å². The second kappa shape index (κ2) is 6.71. The lowest BCUT2D eigenvalue weighted by Gasteiger charge is -2.09. The molecule has 0 aliphatic carbocycles. The first kappa shape index (κ1) is 18.1. The molecule has 0 fully saturated rings. The number of rotatable bonds is 4. The number of primary sulfonamides is 1. The lowest BCUT2D eigenvalue weighted by atomic mass is 10.3. The lowest BCUT2D eigenvalue weighted by molar-refractivity contribution is -0.116. The Morgan fingerprint density at radius 3 is 2.64 bits per heavy atom. The van der Waals surface area contributed by atoms with E-state index in [0.717, 1.165) is 16.8 Å². The van der Waals surface area contributed by atoms with Crippen molar-refractivity contribution in [2.24, 2.45) is 12.2 Å². The van der Waals surface area contributed by atoms with Gasteiger partial charge in [0.15, 0.2) is 0 Å². The molecule has 0 spiro atoms. The molecule has 1 amide bonds. The van der Waals surface area contributed by atoms with Gasteiger partial charge in [0, 0.05) is 18.9 Å². The van der Waals surface area contributed by atoms with Gasteiger partial charge in [0.1, 0.15) is 18.2 Å². The van der Waals surface area contributed by atoms with E-state index in [1.165, 1.54) is 25.2 Å². The van der Waals surface area contributed by atoms with Gasteiger partial charge in [0.05, 0.1) is 4.90 Å². The van der Waals surface area contributed by atoms with Gasteiger partial charge in [0.2, 0.25) is 15.9 Å². The van der Waals surface area contributed by atoms with Crippen LogP contribution in [0.2, 0.25) is 0 Å². The van der Waals surface area contributed by atoms with Crippen LogP contribution in [0.25, 0.3) is 0 Å². The van der Waals surface area contributed by atoms with Crippen molar-refractivity contribution in [3.05, 3.63) is 56.9 Å². The maximum Gasteiger partial charge on any atom is 0.331 e. The number of anilines is 1. The lowest BCUT2D eigenvalue weighted by Crippen LogP contribution is -2.42. The number of carbonyl (C=O) groups excluding carboxylic acids is 1. The first-order valence-corrected chi connectivity index (χ1v) is 8.31. The Hall–Kier alpha value is -3.23. The Balaban J connectivity index is 2.31. The van der Waals surface area contributed by atoms with Gasteiger partial charge in [0.25, 0.3) is 5.56 Å². The SMILES string of the molecule is Cn1cc(C#N)c(=O)n(CC(=O)Nc2cccc(S(N)(=O)=O)c2)c1=O. The molecule has 0 saturated heterocycles. The predicted molar refractivity (Wildman–Crippen MR) is 87.1 cm³/mol. The summed E-state index contributed by atoms with van der Waals surface area (Å²) in [4.78, 5) is 35.8. The van der Waals surface area contributed by atoms with Gasteiger partial charge in [-0.15, -0.1) is 0 Å². The summed E-state index contributed by atoms with van der Waals surface area (Å²) < 4.78 is 24.2. The van der Waals surface area contributed by atoms with Crippen LogP contribution in [0.3, 0.4) is 0 Å². The first-order chi connectivity index (χ1) is 11.6. The molecule has 2 aromatic rings. The van der Waals surface area contributed by atoms with Crippen LogP contribution in [0, 0.1) is 11.3 Å². The van der Waals surface area contributed by atoms with E-state index in [2.05, 4.69) is 5.32 Å². The van der Waals surface area contributed by atoms with Crippen LogP contribution >= 0.6 is 0 Å². The summed E-state index contributed by atoms with van der Waals surface area (Å²) in [5, 5.41) is 16.3. The molecule has 11 heteroatoms. The van der Waals surface area contributed by atoms with E-state index in [-0.39, 0.29) is 16.1 Å². The summed E-state index contributed by atoms with van der Waals surface area (Å²) in [6.45, 7) is -0.638. The molecule has 3 N–H and O–H groups in total. The summed E-state index contributed by atoms with van der Waals surface area (Å²) in [5.41, 5.74) is -1.82. The van der Waals surface area contributed by atoms with E-state index in [9.17, 15) is 22.8 Å². The highest BCUT2D eigenvalue weighted by molar-refractivity contribution is 7.89. The Kier molecular flexibility index (Phi) is 4.87. The van der Waals surface area contributed by atoms with E-state index in [4.69, 9.17) is 10.4 Å². The third-order valence-electron chi connectivity index (χ3n) is 3.20. The number of nitrogens with one attached hydrogen (secondary N) is 1. The highest BCUT2D eigenvalue weighted by Gasteiger charge is 2.14. The van der Waals surface area contributed by atoms with E-state index in [1.54, 1.807) is 6.07 Å². The smallest absolute Gasteiger partial charge is 0.324 e. The minimum Gasteiger partial charge on any atom is -0.324 e. The average Bonchev–Trinajstić information content (AvgIpc) is 2.54. The van der Waals surface area contributed by atoms with Crippen LogP contribution < -0.4 is 21.7 Å². The molecule has 0 saturated carbocycles. The average molecular weight is 363 g/mol. The second-order valence-electron chi connectivity index (χ2n) is 5.06. The molecule has 0 aliphatic heterocycles. The fraction of sp³-hybridized carbons (Fsp3) is 0.143. The normalized spacial score (nSPS) is 10.9. The zero-order valence-corrected chi connectivity index (χ0v) is 13.8. The summed E-state index contributed by atoms with van der Waals surface area (Å²) in [6, 6.07) is 6.82. The van der Waals surface area contributed by atoms with Gasteiger partial charge in [-0.2, -0.15) is 5.26 Å². The van der Waals surface area contributed by atoms with Gasteiger partial charge in [-0.3, -0.25) is 9.59 Å². The zero-order chi connectivity index (χ0) is 18.8. The van der Waals surface area contributed by atoms with Crippen LogP contribution in [0.4, 0.5) is 5.69 Å². The van der Waals surface area contributed by atoms with E-state index < -0.39 is 33.7 Å². The highest BCUT2D eigenvalue weighted by Crippen LogP contribution is 2.13. The molecule has 25 heavy (non-hydrogen) atoms. The molecule has 0 radical (unpaired) electrons. The van der Waals surface area contributed by atoms with Crippen molar-refractivity contribution in [3.63, 3.8) is 0 Å². The van der Waals surface area contributed by atoms with Gasteiger partial charge in [-0.25, -0.2) is 22.9 Å². The minimum absolute atomic E-state index is 0.123. The largest absolute Gasteiger partial charge is 0.331 e. The predicted octanol–water partition coefficient (Wildman–Crippen LogP) is -1.30. The number of nitrogens with two attached hydrogens (primary N) is 1. The van der Waals surface area contributed by atoms with Gasteiger partial charge in [-0.05, 0) is 18.2 Å². The van der Waals surface area contributed by atoms with Crippen molar-refractivity contribution in [2.75, 3.05) is 5.32 Å². The zero-order valence-electron chi connectivity index (χ0n) is 13.0. The number of aromatic nitrogens is 2. The van der Waals surface area contributed by atoms with Crippen molar-refractivity contribution >= 4 is 21.6 Å². The summed E-state index contributed by atoms with van der Waals surface area (Å²) in [6.07, 6.45) is 1.08. The quantitative estimate of drug-likeness (QED) is 0.687. The minimum atomic E-state index is -3.94. The topological polar surface area (TPSA) is 157 Å². The Bertz CT molecular complexity index is 1110. The van der Waals surface area contributed by atoms with Crippen molar-refractivity contribution in [1.29, 1.82) is 5.26 Å². The summed E-state index contributed by atoms with van der Waals surface area (Å²) in [5.74, 6) is -0.749. The van der Waals surface area contributed by atoms with Crippen LogP contribution in [0.15, 0.2) is 44.9 Å². The van der Waals surface area contributed by atoms with Crippen molar-refractivity contribution in [2.45, 2.75) is 11.4 Å². The molecular formula is C14H13N5O5S.